The molecule has 1 unspecified atom stereocenters. The number of benzene rings is 1. The van der Waals surface area contributed by atoms with E-state index in [0.29, 0.717) is 0 Å². The van der Waals surface area contributed by atoms with Crippen molar-refractivity contribution < 1.29 is 14.6 Å². The lowest BCUT2D eigenvalue weighted by Gasteiger charge is -2.13. The number of rotatable bonds is 4. The van der Waals surface area contributed by atoms with E-state index in [1.807, 2.05) is 0 Å². The highest BCUT2D eigenvalue weighted by molar-refractivity contribution is 6.33. The van der Waals surface area contributed by atoms with Crippen molar-refractivity contribution in [3.63, 3.8) is 0 Å². The number of hydrazine groups is 2. The SMILES string of the molecule is COc1cc(N)c(Cl)cc1C(=O)NNC(=NC(C)N)N[N+](=O)[O-]. The van der Waals surface area contributed by atoms with Gasteiger partial charge in [-0.1, -0.05) is 17.0 Å². The maximum atomic E-state index is 12.1. The molecule has 0 radical (unpaired) electrons. The molecule has 0 aliphatic heterocycles. The first-order valence-corrected chi connectivity index (χ1v) is 6.56. The van der Waals surface area contributed by atoms with Gasteiger partial charge in [0.05, 0.1) is 29.5 Å². The number of nitrogens with zero attached hydrogens (tertiary/aromatic N) is 2. The quantitative estimate of drug-likeness (QED) is 0.161. The minimum Gasteiger partial charge on any atom is -0.496 e. The molecule has 126 valence electrons. The van der Waals surface area contributed by atoms with E-state index in [9.17, 15) is 14.9 Å². The van der Waals surface area contributed by atoms with Crippen LogP contribution in [0.5, 0.6) is 5.75 Å². The van der Waals surface area contributed by atoms with E-state index in [4.69, 9.17) is 27.8 Å². The van der Waals surface area contributed by atoms with Crippen LogP contribution in [0.15, 0.2) is 17.1 Å². The normalized spacial score (nSPS) is 12.3. The molecule has 0 aromatic heterocycles. The van der Waals surface area contributed by atoms with E-state index in [1.54, 1.807) is 5.43 Å². The van der Waals surface area contributed by atoms with Gasteiger partial charge in [-0.2, -0.15) is 0 Å². The number of nitrogens with two attached hydrogens (primary N) is 2. The predicted molar refractivity (Wildman–Crippen MR) is 84.2 cm³/mol. The first-order chi connectivity index (χ1) is 10.7. The van der Waals surface area contributed by atoms with Crippen molar-refractivity contribution in [2.24, 2.45) is 10.7 Å². The minimum absolute atomic E-state index is 0.0699. The van der Waals surface area contributed by atoms with Crippen molar-refractivity contribution in [2.75, 3.05) is 12.8 Å². The molecule has 11 nitrogen and oxygen atoms in total. The first-order valence-electron chi connectivity index (χ1n) is 6.18. The molecule has 1 aromatic carbocycles. The second kappa shape index (κ2) is 8.00. The number of guanidine groups is 1. The topological polar surface area (TPSA) is 170 Å². The number of hydrogen-bond donors (Lipinski definition) is 5. The second-order valence-electron chi connectivity index (χ2n) is 4.24. The smallest absolute Gasteiger partial charge is 0.274 e. The molecule has 12 heteroatoms. The number of ether oxygens (including phenoxy) is 1. The molecule has 1 aromatic rings. The van der Waals surface area contributed by atoms with E-state index < -0.39 is 17.1 Å². The molecule has 0 bridgehead atoms. The van der Waals surface area contributed by atoms with Crippen LogP contribution in [-0.4, -0.2) is 30.2 Å². The molecule has 0 heterocycles. The number of nitrogens with one attached hydrogen (secondary N) is 3. The Morgan fingerprint density at radius 3 is 2.65 bits per heavy atom. The third-order valence-corrected chi connectivity index (χ3v) is 2.72. The standard InChI is InChI=1S/C11H16ClN7O4/c1-5(13)15-11(18-19(21)22)17-16-10(20)6-3-7(12)8(14)4-9(6)23-2/h3-5H,13-14H2,1-2H3,(H,16,20)(H2,15,17,18). The summed E-state index contributed by atoms with van der Waals surface area (Å²) in [6, 6.07) is 2.68. The number of hydrogen-bond acceptors (Lipinski definition) is 7. The highest BCUT2D eigenvalue weighted by atomic mass is 35.5. The summed E-state index contributed by atoms with van der Waals surface area (Å²) in [5.74, 6) is -0.843. The number of halogens is 1. The third kappa shape index (κ3) is 5.48. The molecule has 0 saturated carbocycles. The summed E-state index contributed by atoms with van der Waals surface area (Å²) in [7, 11) is 1.35. The van der Waals surface area contributed by atoms with Crippen LogP contribution in [-0.2, 0) is 0 Å². The zero-order chi connectivity index (χ0) is 17.6. The summed E-state index contributed by atoms with van der Waals surface area (Å²) >= 11 is 5.86. The van der Waals surface area contributed by atoms with Crippen molar-refractivity contribution in [3.05, 3.63) is 32.8 Å². The van der Waals surface area contributed by atoms with Crippen LogP contribution < -0.4 is 32.5 Å². The first kappa shape index (κ1) is 18.3. The van der Waals surface area contributed by atoms with Gasteiger partial charge < -0.3 is 16.2 Å². The van der Waals surface area contributed by atoms with Crippen LogP contribution in [0, 0.1) is 10.1 Å². The van der Waals surface area contributed by atoms with Gasteiger partial charge in [0, 0.05) is 6.07 Å². The highest BCUT2D eigenvalue weighted by Crippen LogP contribution is 2.28. The van der Waals surface area contributed by atoms with Gasteiger partial charge in [0.1, 0.15) is 5.75 Å². The van der Waals surface area contributed by atoms with Crippen molar-refractivity contribution in [2.45, 2.75) is 13.1 Å². The fourth-order valence-corrected chi connectivity index (χ4v) is 1.64. The zero-order valence-electron chi connectivity index (χ0n) is 12.3. The van der Waals surface area contributed by atoms with Gasteiger partial charge in [-0.25, -0.2) is 15.1 Å². The fourth-order valence-electron chi connectivity index (χ4n) is 1.48. The molecular weight excluding hydrogens is 330 g/mol. The molecule has 0 fully saturated rings. The third-order valence-electron chi connectivity index (χ3n) is 2.39. The summed E-state index contributed by atoms with van der Waals surface area (Å²) in [5, 5.41) is 9.75. The molecule has 0 spiro atoms. The lowest BCUT2D eigenvalue weighted by Crippen LogP contribution is -2.50. The van der Waals surface area contributed by atoms with Crippen LogP contribution >= 0.6 is 11.6 Å². The molecule has 23 heavy (non-hydrogen) atoms. The second-order valence-corrected chi connectivity index (χ2v) is 4.65. The summed E-state index contributed by atoms with van der Waals surface area (Å²) in [5.41, 5.74) is 17.6. The van der Waals surface area contributed by atoms with Gasteiger partial charge in [-0.05, 0) is 13.0 Å². The number of nitro groups is 1. The van der Waals surface area contributed by atoms with Gasteiger partial charge in [-0.3, -0.25) is 15.6 Å². The number of amides is 1. The molecule has 1 rings (SSSR count). The molecule has 7 N–H and O–H groups in total. The maximum absolute atomic E-state index is 12.1. The van der Waals surface area contributed by atoms with E-state index in [1.165, 1.54) is 26.2 Å². The molecule has 1 atom stereocenters. The highest BCUT2D eigenvalue weighted by Gasteiger charge is 2.16. The maximum Gasteiger partial charge on any atom is 0.274 e. The Morgan fingerprint density at radius 2 is 2.13 bits per heavy atom. The van der Waals surface area contributed by atoms with Crippen LogP contribution in [0.4, 0.5) is 5.69 Å². The average molecular weight is 346 g/mol. The van der Waals surface area contributed by atoms with Crippen molar-refractivity contribution >= 4 is 29.2 Å². The van der Waals surface area contributed by atoms with Crippen molar-refractivity contribution in [1.29, 1.82) is 0 Å². The Morgan fingerprint density at radius 1 is 1.48 bits per heavy atom. The van der Waals surface area contributed by atoms with Crippen LogP contribution in [0.2, 0.25) is 5.02 Å². The Kier molecular flexibility index (Phi) is 6.35. The molecule has 0 aliphatic carbocycles. The molecular formula is C11H16ClN7O4. The summed E-state index contributed by atoms with van der Waals surface area (Å²) in [6.45, 7) is 1.49. The monoisotopic (exact) mass is 345 g/mol. The predicted octanol–water partition coefficient (Wildman–Crippen LogP) is -0.393. The van der Waals surface area contributed by atoms with E-state index in [-0.39, 0.29) is 28.0 Å². The minimum atomic E-state index is -0.860. The Balaban J connectivity index is 2.90. The number of aliphatic imine (C=N–C) groups is 1. The van der Waals surface area contributed by atoms with E-state index in [2.05, 4.69) is 15.8 Å². The number of methoxy groups -OCH3 is 1. The lowest BCUT2D eigenvalue weighted by atomic mass is 10.1. The largest absolute Gasteiger partial charge is 0.496 e. The van der Waals surface area contributed by atoms with E-state index in [0.717, 1.165) is 0 Å². The van der Waals surface area contributed by atoms with Crippen molar-refractivity contribution in [1.82, 2.24) is 16.3 Å². The number of carbonyl (C=O) groups is 1. The Hall–Kier alpha value is -2.79. The number of anilines is 1. The lowest BCUT2D eigenvalue weighted by molar-refractivity contribution is -0.525. The zero-order valence-corrected chi connectivity index (χ0v) is 13.0. The van der Waals surface area contributed by atoms with Gasteiger partial charge >= 0.3 is 0 Å². The molecule has 0 saturated heterocycles. The van der Waals surface area contributed by atoms with Gasteiger partial charge in [0.25, 0.3) is 11.9 Å². The number of nitrogen functional groups attached to an aromatic ring is 1. The fraction of sp³-hybridized carbons (Fsp3) is 0.273. The van der Waals surface area contributed by atoms with Crippen LogP contribution in [0.25, 0.3) is 0 Å². The molecule has 0 aliphatic rings. The number of carbonyl (C=O) groups excluding carboxylic acids is 1. The van der Waals surface area contributed by atoms with Crippen LogP contribution in [0.3, 0.4) is 0 Å². The van der Waals surface area contributed by atoms with Crippen LogP contribution in [0.1, 0.15) is 17.3 Å². The average Bonchev–Trinajstić information content (AvgIpc) is 2.45. The van der Waals surface area contributed by atoms with Gasteiger partial charge in [0.2, 0.25) is 0 Å². The summed E-state index contributed by atoms with van der Waals surface area (Å²) in [4.78, 5) is 26.3. The van der Waals surface area contributed by atoms with Crippen molar-refractivity contribution in [3.8, 4) is 5.75 Å². The van der Waals surface area contributed by atoms with Gasteiger partial charge in [0.15, 0.2) is 5.03 Å². The molecule has 1 amide bonds. The van der Waals surface area contributed by atoms with E-state index >= 15 is 0 Å². The Bertz CT molecular complexity index is 635. The van der Waals surface area contributed by atoms with Gasteiger partial charge in [-0.15, -0.1) is 0 Å². The summed E-state index contributed by atoms with van der Waals surface area (Å²) < 4.78 is 5.04. The summed E-state index contributed by atoms with van der Waals surface area (Å²) in [6.07, 6.45) is -0.734. The Labute approximate surface area is 136 Å².